The third kappa shape index (κ3) is 4.30. The van der Waals surface area contributed by atoms with Crippen molar-refractivity contribution in [3.05, 3.63) is 71.9 Å². The quantitative estimate of drug-likeness (QED) is 0.592. The minimum atomic E-state index is -3.66. The summed E-state index contributed by atoms with van der Waals surface area (Å²) in [6.45, 7) is 2.68. The molecule has 8 heteroatoms. The van der Waals surface area contributed by atoms with E-state index < -0.39 is 15.9 Å². The first-order valence-corrected chi connectivity index (χ1v) is 11.5. The molecule has 4 rings (SSSR count). The highest BCUT2D eigenvalue weighted by atomic mass is 32.2. The van der Waals surface area contributed by atoms with Gasteiger partial charge < -0.3 is 10.4 Å². The van der Waals surface area contributed by atoms with E-state index in [-0.39, 0.29) is 16.3 Å². The Morgan fingerprint density at radius 1 is 1.03 bits per heavy atom. The number of pyridine rings is 1. The molecule has 160 valence electrons. The molecule has 0 aliphatic carbocycles. The number of hydrogen-bond acceptors (Lipinski definition) is 5. The van der Waals surface area contributed by atoms with Gasteiger partial charge in [-0.2, -0.15) is 4.31 Å². The Morgan fingerprint density at radius 2 is 1.74 bits per heavy atom. The Balaban J connectivity index is 1.59. The number of benzene rings is 2. The van der Waals surface area contributed by atoms with Gasteiger partial charge in [-0.15, -0.1) is 0 Å². The van der Waals surface area contributed by atoms with Crippen molar-refractivity contribution in [1.82, 2.24) is 9.29 Å². The first kappa shape index (κ1) is 21.0. The average molecular weight is 438 g/mol. The fourth-order valence-electron chi connectivity index (χ4n) is 3.61. The van der Waals surface area contributed by atoms with E-state index >= 15 is 0 Å². The fourth-order valence-corrected chi connectivity index (χ4v) is 5.16. The lowest BCUT2D eigenvalue weighted by Crippen LogP contribution is -2.28. The maximum Gasteiger partial charge on any atom is 0.257 e. The predicted octanol–water partition coefficient (Wildman–Crippen LogP) is 3.80. The highest BCUT2D eigenvalue weighted by Gasteiger charge is 2.28. The van der Waals surface area contributed by atoms with E-state index in [9.17, 15) is 18.3 Å². The van der Waals surface area contributed by atoms with Gasteiger partial charge in [-0.3, -0.25) is 9.78 Å². The van der Waals surface area contributed by atoms with Crippen LogP contribution in [0.2, 0.25) is 0 Å². The van der Waals surface area contributed by atoms with Crippen LogP contribution in [0.1, 0.15) is 28.9 Å². The summed E-state index contributed by atoms with van der Waals surface area (Å²) in [7, 11) is -3.66. The predicted molar refractivity (Wildman–Crippen MR) is 118 cm³/mol. The van der Waals surface area contributed by atoms with Gasteiger partial charge in [0.25, 0.3) is 5.91 Å². The summed E-state index contributed by atoms with van der Waals surface area (Å²) in [4.78, 5) is 17.4. The number of carbonyl (C=O) groups is 1. The van der Waals surface area contributed by atoms with Crippen LogP contribution in [0.4, 0.5) is 5.69 Å². The number of nitrogens with one attached hydrogen (secondary N) is 1. The van der Waals surface area contributed by atoms with Crippen LogP contribution in [0.25, 0.3) is 11.3 Å². The smallest absolute Gasteiger partial charge is 0.257 e. The minimum absolute atomic E-state index is 0.0387. The molecule has 1 aliphatic heterocycles. The van der Waals surface area contributed by atoms with E-state index in [2.05, 4.69) is 10.3 Å². The maximum absolute atomic E-state index is 12.8. The number of phenols is 1. The number of aromatic nitrogens is 1. The molecule has 1 fully saturated rings. The molecule has 31 heavy (non-hydrogen) atoms. The molecule has 7 nitrogen and oxygen atoms in total. The van der Waals surface area contributed by atoms with Crippen molar-refractivity contribution in [3.8, 4) is 17.0 Å². The molecule has 3 aromatic rings. The highest BCUT2D eigenvalue weighted by Crippen LogP contribution is 2.30. The summed E-state index contributed by atoms with van der Waals surface area (Å²) >= 11 is 0. The first-order chi connectivity index (χ1) is 14.9. The van der Waals surface area contributed by atoms with Crippen molar-refractivity contribution < 1.29 is 18.3 Å². The molecule has 0 radical (unpaired) electrons. The molecular formula is C23H23N3O4S. The average Bonchev–Trinajstić information content (AvgIpc) is 3.31. The third-order valence-corrected chi connectivity index (χ3v) is 7.21. The molecule has 1 amide bonds. The standard InChI is InChI=1S/C23H23N3O4S/c1-16-19(10-11-20(24-16)17-7-3-2-4-8-17)23(28)25-21-15-18(9-12-22(21)27)31(29,30)26-13-5-6-14-26/h2-4,7-12,15,27H,5-6,13-14H2,1H3,(H,25,28). The normalized spacial score (nSPS) is 14.5. The van der Waals surface area contributed by atoms with E-state index in [0.29, 0.717) is 24.3 Å². The Hall–Kier alpha value is -3.23. The number of carbonyl (C=O) groups excluding carboxylic acids is 1. The van der Waals surface area contributed by atoms with Gasteiger partial charge in [0.15, 0.2) is 0 Å². The monoisotopic (exact) mass is 437 g/mol. The van der Waals surface area contributed by atoms with Crippen LogP contribution in [-0.2, 0) is 10.0 Å². The summed E-state index contributed by atoms with van der Waals surface area (Å²) < 4.78 is 27.0. The van der Waals surface area contributed by atoms with Crippen LogP contribution in [0.3, 0.4) is 0 Å². The highest BCUT2D eigenvalue weighted by molar-refractivity contribution is 7.89. The summed E-state index contributed by atoms with van der Waals surface area (Å²) in [6, 6.07) is 17.0. The number of rotatable bonds is 5. The van der Waals surface area contributed by atoms with Gasteiger partial charge >= 0.3 is 0 Å². The molecular weight excluding hydrogens is 414 g/mol. The van der Waals surface area contributed by atoms with E-state index in [4.69, 9.17) is 0 Å². The van der Waals surface area contributed by atoms with Gasteiger partial charge in [0, 0.05) is 18.7 Å². The van der Waals surface area contributed by atoms with Crippen molar-refractivity contribution in [1.29, 1.82) is 0 Å². The Kier molecular flexibility index (Phi) is 5.75. The molecule has 0 atom stereocenters. The number of aromatic hydroxyl groups is 1. The van der Waals surface area contributed by atoms with E-state index in [1.807, 2.05) is 30.3 Å². The zero-order valence-electron chi connectivity index (χ0n) is 17.1. The van der Waals surface area contributed by atoms with E-state index in [0.717, 1.165) is 24.1 Å². The molecule has 0 bridgehead atoms. The number of phenolic OH excluding ortho intramolecular Hbond substituents is 1. The molecule has 1 aromatic heterocycles. The van der Waals surface area contributed by atoms with Gasteiger partial charge in [0.1, 0.15) is 5.75 Å². The minimum Gasteiger partial charge on any atom is -0.506 e. The lowest BCUT2D eigenvalue weighted by molar-refractivity contribution is 0.102. The molecule has 0 saturated carbocycles. The molecule has 1 aliphatic rings. The Bertz CT molecular complexity index is 1220. The summed E-state index contributed by atoms with van der Waals surface area (Å²) in [6.07, 6.45) is 1.65. The molecule has 0 spiro atoms. The van der Waals surface area contributed by atoms with Crippen molar-refractivity contribution in [2.45, 2.75) is 24.7 Å². The largest absolute Gasteiger partial charge is 0.506 e. The summed E-state index contributed by atoms with van der Waals surface area (Å²) in [5.41, 5.74) is 2.59. The summed E-state index contributed by atoms with van der Waals surface area (Å²) in [5, 5.41) is 12.8. The van der Waals surface area contributed by atoms with Gasteiger partial charge in [0.2, 0.25) is 10.0 Å². The second-order valence-electron chi connectivity index (χ2n) is 7.44. The Labute approximate surface area is 181 Å². The zero-order chi connectivity index (χ0) is 22.0. The van der Waals surface area contributed by atoms with Gasteiger partial charge in [-0.1, -0.05) is 30.3 Å². The lowest BCUT2D eigenvalue weighted by Gasteiger charge is -2.17. The topological polar surface area (TPSA) is 99.6 Å². The van der Waals surface area contributed by atoms with Crippen LogP contribution >= 0.6 is 0 Å². The number of amides is 1. The number of sulfonamides is 1. The molecule has 2 N–H and O–H groups in total. The van der Waals surface area contributed by atoms with E-state index in [1.54, 1.807) is 19.1 Å². The van der Waals surface area contributed by atoms with Gasteiger partial charge in [-0.05, 0) is 50.1 Å². The summed E-state index contributed by atoms with van der Waals surface area (Å²) in [5.74, 6) is -0.684. The lowest BCUT2D eigenvalue weighted by atomic mass is 10.1. The number of hydrogen-bond donors (Lipinski definition) is 2. The maximum atomic E-state index is 12.8. The number of nitrogens with zero attached hydrogens (tertiary/aromatic N) is 2. The number of anilines is 1. The van der Waals surface area contributed by atoms with Crippen molar-refractivity contribution in [2.24, 2.45) is 0 Å². The Morgan fingerprint density at radius 3 is 2.42 bits per heavy atom. The number of aryl methyl sites for hydroxylation is 1. The van der Waals surface area contributed by atoms with E-state index in [1.165, 1.54) is 22.5 Å². The van der Waals surface area contributed by atoms with Gasteiger partial charge in [0.05, 0.1) is 27.5 Å². The molecule has 2 aromatic carbocycles. The third-order valence-electron chi connectivity index (χ3n) is 5.32. The van der Waals surface area contributed by atoms with Crippen molar-refractivity contribution >= 4 is 21.6 Å². The van der Waals surface area contributed by atoms with Gasteiger partial charge in [-0.25, -0.2) is 8.42 Å². The molecule has 0 unspecified atom stereocenters. The molecule has 1 saturated heterocycles. The van der Waals surface area contributed by atoms with Crippen LogP contribution < -0.4 is 5.32 Å². The molecule has 2 heterocycles. The first-order valence-electron chi connectivity index (χ1n) is 10.0. The van der Waals surface area contributed by atoms with Crippen molar-refractivity contribution in [2.75, 3.05) is 18.4 Å². The van der Waals surface area contributed by atoms with Crippen LogP contribution in [0.5, 0.6) is 5.75 Å². The fraction of sp³-hybridized carbons (Fsp3) is 0.217. The SMILES string of the molecule is Cc1nc(-c2ccccc2)ccc1C(=O)Nc1cc(S(=O)(=O)N2CCCC2)ccc1O. The van der Waals surface area contributed by atoms with Crippen LogP contribution in [0, 0.1) is 6.92 Å². The van der Waals surface area contributed by atoms with Crippen LogP contribution in [0.15, 0.2) is 65.6 Å². The zero-order valence-corrected chi connectivity index (χ0v) is 17.9. The second kappa shape index (κ2) is 8.49. The van der Waals surface area contributed by atoms with Crippen LogP contribution in [-0.4, -0.2) is 41.8 Å². The van der Waals surface area contributed by atoms with Crippen molar-refractivity contribution in [3.63, 3.8) is 0 Å². The second-order valence-corrected chi connectivity index (χ2v) is 9.38.